The average molecular weight is 439 g/mol. The summed E-state index contributed by atoms with van der Waals surface area (Å²) in [5.74, 6) is -0.264. The van der Waals surface area contributed by atoms with Gasteiger partial charge in [-0.05, 0) is 44.4 Å². The molecule has 5 nitrogen and oxygen atoms in total. The lowest BCUT2D eigenvalue weighted by Crippen LogP contribution is -2.47. The number of amides is 1. The molecular weight excluding hydrogens is 408 g/mol. The van der Waals surface area contributed by atoms with E-state index in [9.17, 15) is 4.79 Å². The fourth-order valence-corrected chi connectivity index (χ4v) is 4.77. The van der Waals surface area contributed by atoms with Gasteiger partial charge in [0.15, 0.2) is 5.79 Å². The maximum atomic E-state index is 12.7. The van der Waals surface area contributed by atoms with E-state index in [2.05, 4.69) is 52.1 Å². The van der Waals surface area contributed by atoms with Gasteiger partial charge in [-0.25, -0.2) is 0 Å². The number of ether oxygens (including phenoxy) is 2. The van der Waals surface area contributed by atoms with Crippen LogP contribution in [0.3, 0.4) is 0 Å². The number of nitrogens with one attached hydrogen (secondary N) is 1. The highest BCUT2D eigenvalue weighted by atomic mass is 79.9. The third kappa shape index (κ3) is 5.31. The molecule has 1 unspecified atom stereocenters. The molecule has 0 aromatic heterocycles. The quantitative estimate of drug-likeness (QED) is 0.697. The van der Waals surface area contributed by atoms with E-state index in [4.69, 9.17) is 9.47 Å². The van der Waals surface area contributed by atoms with E-state index >= 15 is 0 Å². The van der Waals surface area contributed by atoms with Crippen LogP contribution in [-0.4, -0.2) is 48.9 Å². The molecule has 1 heterocycles. The molecule has 3 rings (SSSR count). The second kappa shape index (κ2) is 9.50. The van der Waals surface area contributed by atoms with Crippen molar-refractivity contribution in [1.29, 1.82) is 0 Å². The molecule has 150 valence electrons. The number of hydrogen-bond acceptors (Lipinski definition) is 4. The fraction of sp³-hybridized carbons (Fsp3) is 0.667. The van der Waals surface area contributed by atoms with Crippen LogP contribution in [0.25, 0.3) is 0 Å². The van der Waals surface area contributed by atoms with Gasteiger partial charge in [0.1, 0.15) is 0 Å². The van der Waals surface area contributed by atoms with Gasteiger partial charge in [0.25, 0.3) is 0 Å². The Morgan fingerprint density at radius 1 is 1.30 bits per heavy atom. The van der Waals surface area contributed by atoms with Crippen LogP contribution >= 0.6 is 15.9 Å². The van der Waals surface area contributed by atoms with Crippen molar-refractivity contribution < 1.29 is 14.3 Å². The monoisotopic (exact) mass is 438 g/mol. The van der Waals surface area contributed by atoms with Gasteiger partial charge in [0.2, 0.25) is 5.91 Å². The van der Waals surface area contributed by atoms with Gasteiger partial charge in [-0.2, -0.15) is 0 Å². The van der Waals surface area contributed by atoms with E-state index < -0.39 is 0 Å². The molecular formula is C21H31BrN2O3. The Balaban J connectivity index is 1.53. The Kier molecular flexibility index (Phi) is 7.31. The predicted molar refractivity (Wildman–Crippen MR) is 109 cm³/mol. The largest absolute Gasteiger partial charge is 0.352 e. The van der Waals surface area contributed by atoms with E-state index in [1.165, 1.54) is 5.56 Å². The topological polar surface area (TPSA) is 50.8 Å². The first-order valence-electron chi connectivity index (χ1n) is 10.1. The van der Waals surface area contributed by atoms with Crippen LogP contribution in [0, 0.1) is 0 Å². The van der Waals surface area contributed by atoms with Crippen LogP contribution in [0.5, 0.6) is 0 Å². The third-order valence-corrected chi connectivity index (χ3v) is 6.41. The summed E-state index contributed by atoms with van der Waals surface area (Å²) in [7, 11) is 0. The molecule has 1 aromatic rings. The minimum absolute atomic E-state index is 0.108. The smallest absolute Gasteiger partial charge is 0.234 e. The second-order valence-corrected chi connectivity index (χ2v) is 8.47. The Morgan fingerprint density at radius 2 is 1.96 bits per heavy atom. The minimum atomic E-state index is -0.371. The van der Waals surface area contributed by atoms with Gasteiger partial charge in [-0.3, -0.25) is 9.69 Å². The first-order valence-corrected chi connectivity index (χ1v) is 10.9. The molecule has 1 aliphatic heterocycles. The lowest BCUT2D eigenvalue weighted by molar-refractivity contribution is -0.180. The molecule has 1 aromatic carbocycles. The van der Waals surface area contributed by atoms with Gasteiger partial charge in [-0.15, -0.1) is 0 Å². The highest BCUT2D eigenvalue weighted by molar-refractivity contribution is 9.10. The van der Waals surface area contributed by atoms with E-state index in [1.54, 1.807) is 0 Å². The number of carbonyl (C=O) groups excluding carboxylic acids is 1. The molecule has 1 aliphatic carbocycles. The van der Waals surface area contributed by atoms with E-state index in [1.807, 2.05) is 12.1 Å². The standard InChI is InChI=1S/C21H31BrN2O3/c1-3-12-24(16(2)18-6-4-5-7-19(18)22)15-20(25)23-17-8-10-21(11-9-17)26-13-14-27-21/h4-7,16-17H,3,8-15H2,1-2H3,(H,23,25). The number of nitrogens with zero attached hydrogens (tertiary/aromatic N) is 1. The molecule has 0 radical (unpaired) electrons. The molecule has 1 atom stereocenters. The number of halogens is 1. The van der Waals surface area contributed by atoms with E-state index in [-0.39, 0.29) is 23.8 Å². The summed E-state index contributed by atoms with van der Waals surface area (Å²) < 4.78 is 12.6. The summed E-state index contributed by atoms with van der Waals surface area (Å²) in [5.41, 5.74) is 1.22. The molecule has 6 heteroatoms. The maximum Gasteiger partial charge on any atom is 0.234 e. The first-order chi connectivity index (χ1) is 13.0. The summed E-state index contributed by atoms with van der Waals surface area (Å²) in [6, 6.07) is 8.65. The summed E-state index contributed by atoms with van der Waals surface area (Å²) in [6.45, 7) is 7.02. The van der Waals surface area contributed by atoms with Crippen LogP contribution in [0.1, 0.15) is 57.6 Å². The van der Waals surface area contributed by atoms with Gasteiger partial charge >= 0.3 is 0 Å². The van der Waals surface area contributed by atoms with Gasteiger partial charge in [-0.1, -0.05) is 41.1 Å². The molecule has 1 amide bonds. The number of hydrogen-bond donors (Lipinski definition) is 1. The zero-order valence-electron chi connectivity index (χ0n) is 16.4. The molecule has 2 fully saturated rings. The van der Waals surface area contributed by atoms with Crippen LogP contribution in [-0.2, 0) is 14.3 Å². The SMILES string of the molecule is CCCN(CC(=O)NC1CCC2(CC1)OCCO2)C(C)c1ccccc1Br. The molecule has 1 saturated carbocycles. The highest BCUT2D eigenvalue weighted by Crippen LogP contribution is 2.35. The zero-order chi connectivity index (χ0) is 19.3. The van der Waals surface area contributed by atoms with Gasteiger partial charge in [0, 0.05) is 29.4 Å². The lowest BCUT2D eigenvalue weighted by Gasteiger charge is -2.36. The number of rotatable bonds is 7. The third-order valence-electron chi connectivity index (χ3n) is 5.69. The van der Waals surface area contributed by atoms with Crippen molar-refractivity contribution in [3.05, 3.63) is 34.3 Å². The predicted octanol–water partition coefficient (Wildman–Crippen LogP) is 4.02. The molecule has 1 N–H and O–H groups in total. The lowest BCUT2D eigenvalue weighted by atomic mass is 9.90. The molecule has 1 spiro atoms. The normalized spacial score (nSPS) is 20.9. The zero-order valence-corrected chi connectivity index (χ0v) is 18.0. The van der Waals surface area contributed by atoms with E-state index in [0.29, 0.717) is 19.8 Å². The molecule has 0 bridgehead atoms. The average Bonchev–Trinajstić information content (AvgIpc) is 3.11. The maximum absolute atomic E-state index is 12.7. The number of benzene rings is 1. The summed E-state index contributed by atoms with van der Waals surface area (Å²) in [6.07, 6.45) is 4.58. The molecule has 27 heavy (non-hydrogen) atoms. The van der Waals surface area contributed by atoms with Crippen molar-refractivity contribution in [2.75, 3.05) is 26.3 Å². The van der Waals surface area contributed by atoms with Crippen molar-refractivity contribution in [2.45, 2.75) is 63.8 Å². The first kappa shape index (κ1) is 20.8. The highest BCUT2D eigenvalue weighted by Gasteiger charge is 2.40. The van der Waals surface area contributed by atoms with Crippen LogP contribution in [0.4, 0.5) is 0 Å². The summed E-state index contributed by atoms with van der Waals surface area (Å²) in [4.78, 5) is 15.0. The number of carbonyl (C=O) groups is 1. The van der Waals surface area contributed by atoms with Crippen molar-refractivity contribution in [3.8, 4) is 0 Å². The molecule has 2 aliphatic rings. The van der Waals surface area contributed by atoms with Crippen LogP contribution < -0.4 is 5.32 Å². The minimum Gasteiger partial charge on any atom is -0.352 e. The van der Waals surface area contributed by atoms with Gasteiger partial charge < -0.3 is 14.8 Å². The van der Waals surface area contributed by atoms with Crippen molar-refractivity contribution >= 4 is 21.8 Å². The van der Waals surface area contributed by atoms with E-state index in [0.717, 1.165) is 43.1 Å². The van der Waals surface area contributed by atoms with Crippen molar-refractivity contribution in [1.82, 2.24) is 10.2 Å². The van der Waals surface area contributed by atoms with Crippen LogP contribution in [0.2, 0.25) is 0 Å². The Hall–Kier alpha value is -0.950. The van der Waals surface area contributed by atoms with Crippen LogP contribution in [0.15, 0.2) is 28.7 Å². The Morgan fingerprint density at radius 3 is 2.59 bits per heavy atom. The second-order valence-electron chi connectivity index (χ2n) is 7.62. The fourth-order valence-electron chi connectivity index (χ4n) is 4.15. The molecule has 1 saturated heterocycles. The summed E-state index contributed by atoms with van der Waals surface area (Å²) in [5, 5.41) is 3.23. The van der Waals surface area contributed by atoms with Crippen molar-refractivity contribution in [2.24, 2.45) is 0 Å². The van der Waals surface area contributed by atoms with Crippen molar-refractivity contribution in [3.63, 3.8) is 0 Å². The Bertz CT molecular complexity index is 624. The summed E-state index contributed by atoms with van der Waals surface area (Å²) >= 11 is 3.64. The Labute approximate surface area is 170 Å². The van der Waals surface area contributed by atoms with Gasteiger partial charge in [0.05, 0.1) is 19.8 Å².